The highest BCUT2D eigenvalue weighted by molar-refractivity contribution is 9.10. The summed E-state index contributed by atoms with van der Waals surface area (Å²) in [4.78, 5) is 12.6. The molecule has 4 nitrogen and oxygen atoms in total. The van der Waals surface area contributed by atoms with Crippen LogP contribution in [0.15, 0.2) is 70.8 Å². The van der Waals surface area contributed by atoms with Gasteiger partial charge in [-0.1, -0.05) is 33.6 Å². The molecular weight excluding hydrogens is 402 g/mol. The van der Waals surface area contributed by atoms with Crippen LogP contribution in [-0.2, 0) is 4.79 Å². The van der Waals surface area contributed by atoms with Gasteiger partial charge in [-0.15, -0.1) is 0 Å². The second kappa shape index (κ2) is 8.07. The van der Waals surface area contributed by atoms with Gasteiger partial charge < -0.3 is 9.88 Å². The van der Waals surface area contributed by atoms with Crippen molar-refractivity contribution in [2.24, 2.45) is 0 Å². The standard InChI is InChI=1S/C22H18BrN3O/c1-15-5-10-21(16(2)12-15)25-22(27)17(14-24)13-20-4-3-11-26(20)19-8-6-18(23)7-9-19/h3-13H,1-2H3,(H,25,27)/b17-13-. The van der Waals surface area contributed by atoms with E-state index in [1.165, 1.54) is 0 Å². The Morgan fingerprint density at radius 2 is 1.89 bits per heavy atom. The molecule has 1 heterocycles. The number of halogens is 1. The van der Waals surface area contributed by atoms with E-state index in [4.69, 9.17) is 0 Å². The molecule has 0 bridgehead atoms. The number of carbonyl (C=O) groups is 1. The number of nitriles is 1. The third-order valence-corrected chi connectivity index (χ3v) is 4.70. The molecule has 0 aliphatic rings. The van der Waals surface area contributed by atoms with Crippen molar-refractivity contribution < 1.29 is 4.79 Å². The van der Waals surface area contributed by atoms with Gasteiger partial charge in [0, 0.05) is 27.7 Å². The minimum atomic E-state index is -0.423. The zero-order chi connectivity index (χ0) is 19.4. The van der Waals surface area contributed by atoms with Gasteiger partial charge >= 0.3 is 0 Å². The minimum Gasteiger partial charge on any atom is -0.321 e. The SMILES string of the molecule is Cc1ccc(NC(=O)/C(C#N)=C\c2cccn2-c2ccc(Br)cc2)c(C)c1. The third kappa shape index (κ3) is 4.36. The summed E-state index contributed by atoms with van der Waals surface area (Å²) in [5.41, 5.74) is 4.53. The summed E-state index contributed by atoms with van der Waals surface area (Å²) in [6.07, 6.45) is 3.49. The molecule has 0 saturated carbocycles. The lowest BCUT2D eigenvalue weighted by Gasteiger charge is -2.10. The lowest BCUT2D eigenvalue weighted by atomic mass is 10.1. The van der Waals surface area contributed by atoms with E-state index < -0.39 is 5.91 Å². The highest BCUT2D eigenvalue weighted by atomic mass is 79.9. The molecule has 0 aliphatic heterocycles. The molecule has 0 fully saturated rings. The van der Waals surface area contributed by atoms with Crippen LogP contribution < -0.4 is 5.32 Å². The number of aryl methyl sites for hydroxylation is 2. The average Bonchev–Trinajstić information content (AvgIpc) is 3.10. The molecule has 1 amide bonds. The maximum atomic E-state index is 12.6. The fourth-order valence-corrected chi connectivity index (χ4v) is 3.05. The van der Waals surface area contributed by atoms with E-state index in [0.717, 1.165) is 27.0 Å². The number of rotatable bonds is 4. The maximum Gasteiger partial charge on any atom is 0.266 e. The Morgan fingerprint density at radius 1 is 1.15 bits per heavy atom. The number of hydrogen-bond donors (Lipinski definition) is 1. The van der Waals surface area contributed by atoms with E-state index in [-0.39, 0.29) is 5.57 Å². The molecule has 0 radical (unpaired) electrons. The van der Waals surface area contributed by atoms with E-state index in [1.54, 1.807) is 6.08 Å². The monoisotopic (exact) mass is 419 g/mol. The molecule has 1 N–H and O–H groups in total. The average molecular weight is 420 g/mol. The molecule has 0 saturated heterocycles. The molecule has 0 aliphatic carbocycles. The van der Waals surface area contributed by atoms with Crippen LogP contribution in [0.25, 0.3) is 11.8 Å². The van der Waals surface area contributed by atoms with Crippen molar-refractivity contribution in [3.63, 3.8) is 0 Å². The van der Waals surface area contributed by atoms with Crippen molar-refractivity contribution in [3.05, 3.63) is 87.7 Å². The van der Waals surface area contributed by atoms with Gasteiger partial charge in [0.25, 0.3) is 5.91 Å². The molecule has 0 spiro atoms. The Morgan fingerprint density at radius 3 is 2.56 bits per heavy atom. The summed E-state index contributed by atoms with van der Waals surface area (Å²) in [6, 6.07) is 19.3. The fourth-order valence-electron chi connectivity index (χ4n) is 2.79. The predicted molar refractivity (Wildman–Crippen MR) is 112 cm³/mol. The van der Waals surface area contributed by atoms with E-state index in [9.17, 15) is 10.1 Å². The molecule has 1 aromatic heterocycles. The van der Waals surface area contributed by atoms with Gasteiger partial charge in [0.2, 0.25) is 0 Å². The zero-order valence-corrected chi connectivity index (χ0v) is 16.6. The van der Waals surface area contributed by atoms with E-state index >= 15 is 0 Å². The van der Waals surface area contributed by atoms with Crippen molar-refractivity contribution in [2.45, 2.75) is 13.8 Å². The van der Waals surface area contributed by atoms with Crippen molar-refractivity contribution in [1.29, 1.82) is 5.26 Å². The summed E-state index contributed by atoms with van der Waals surface area (Å²) in [7, 11) is 0. The van der Waals surface area contributed by atoms with Crippen LogP contribution in [0.1, 0.15) is 16.8 Å². The summed E-state index contributed by atoms with van der Waals surface area (Å²) in [5, 5.41) is 12.3. The van der Waals surface area contributed by atoms with Gasteiger partial charge in [-0.05, 0) is 68.0 Å². The number of anilines is 1. The van der Waals surface area contributed by atoms with Crippen LogP contribution in [0.5, 0.6) is 0 Å². The van der Waals surface area contributed by atoms with Gasteiger partial charge in [-0.3, -0.25) is 4.79 Å². The first kappa shape index (κ1) is 18.7. The number of amides is 1. The van der Waals surface area contributed by atoms with Crippen LogP contribution in [0.4, 0.5) is 5.69 Å². The number of nitrogens with zero attached hydrogens (tertiary/aromatic N) is 2. The van der Waals surface area contributed by atoms with Gasteiger partial charge in [0.1, 0.15) is 11.6 Å². The second-order valence-corrected chi connectivity index (χ2v) is 7.14. The van der Waals surface area contributed by atoms with Crippen LogP contribution in [0, 0.1) is 25.2 Å². The molecule has 134 valence electrons. The fraction of sp³-hybridized carbons (Fsp3) is 0.0909. The summed E-state index contributed by atoms with van der Waals surface area (Å²) in [6.45, 7) is 3.92. The normalized spacial score (nSPS) is 11.1. The van der Waals surface area contributed by atoms with Crippen LogP contribution in [0.3, 0.4) is 0 Å². The minimum absolute atomic E-state index is 0.0482. The summed E-state index contributed by atoms with van der Waals surface area (Å²) in [5.74, 6) is -0.423. The lowest BCUT2D eigenvalue weighted by Crippen LogP contribution is -2.14. The Bertz CT molecular complexity index is 1060. The number of benzene rings is 2. The van der Waals surface area contributed by atoms with Crippen molar-refractivity contribution in [1.82, 2.24) is 4.57 Å². The highest BCUT2D eigenvalue weighted by Gasteiger charge is 2.12. The Kier molecular flexibility index (Phi) is 5.58. The smallest absolute Gasteiger partial charge is 0.266 e. The van der Waals surface area contributed by atoms with Crippen LogP contribution in [0.2, 0.25) is 0 Å². The Hall–Kier alpha value is -3.10. The number of aromatic nitrogens is 1. The van der Waals surface area contributed by atoms with Gasteiger partial charge in [0.15, 0.2) is 0 Å². The quantitative estimate of drug-likeness (QED) is 0.454. The van der Waals surface area contributed by atoms with E-state index in [2.05, 4.69) is 21.2 Å². The molecule has 3 rings (SSSR count). The van der Waals surface area contributed by atoms with Crippen molar-refractivity contribution in [2.75, 3.05) is 5.32 Å². The number of nitrogens with one attached hydrogen (secondary N) is 1. The van der Waals surface area contributed by atoms with Crippen LogP contribution >= 0.6 is 15.9 Å². The number of carbonyl (C=O) groups excluding carboxylic acids is 1. The first-order valence-electron chi connectivity index (χ1n) is 8.41. The highest BCUT2D eigenvalue weighted by Crippen LogP contribution is 2.20. The van der Waals surface area contributed by atoms with Crippen molar-refractivity contribution in [3.8, 4) is 11.8 Å². The van der Waals surface area contributed by atoms with Gasteiger partial charge in [-0.2, -0.15) is 5.26 Å². The van der Waals surface area contributed by atoms with E-state index in [0.29, 0.717) is 5.69 Å². The Labute approximate surface area is 166 Å². The first-order valence-corrected chi connectivity index (χ1v) is 9.21. The predicted octanol–water partition coefficient (Wildman–Crippen LogP) is 5.40. The molecule has 0 unspecified atom stereocenters. The third-order valence-electron chi connectivity index (χ3n) is 4.17. The summed E-state index contributed by atoms with van der Waals surface area (Å²) < 4.78 is 2.91. The maximum absolute atomic E-state index is 12.6. The van der Waals surface area contributed by atoms with Crippen LogP contribution in [-0.4, -0.2) is 10.5 Å². The van der Waals surface area contributed by atoms with Crippen molar-refractivity contribution >= 4 is 33.6 Å². The molecule has 0 atom stereocenters. The zero-order valence-electron chi connectivity index (χ0n) is 15.0. The lowest BCUT2D eigenvalue weighted by molar-refractivity contribution is -0.112. The molecule has 5 heteroatoms. The largest absolute Gasteiger partial charge is 0.321 e. The molecule has 27 heavy (non-hydrogen) atoms. The molecular formula is C22H18BrN3O. The van der Waals surface area contributed by atoms with Gasteiger partial charge in [0.05, 0.1) is 0 Å². The number of hydrogen-bond acceptors (Lipinski definition) is 2. The van der Waals surface area contributed by atoms with E-state index in [1.807, 2.05) is 85.3 Å². The molecule has 2 aromatic carbocycles. The second-order valence-electron chi connectivity index (χ2n) is 6.22. The topological polar surface area (TPSA) is 57.8 Å². The molecule has 3 aromatic rings. The summed E-state index contributed by atoms with van der Waals surface area (Å²) >= 11 is 3.42. The van der Waals surface area contributed by atoms with Gasteiger partial charge in [-0.25, -0.2) is 0 Å². The Balaban J connectivity index is 1.89. The first-order chi connectivity index (χ1) is 13.0.